The van der Waals surface area contributed by atoms with E-state index in [0.29, 0.717) is 19.4 Å². The molecule has 250 valence electrons. The van der Waals surface area contributed by atoms with Crippen molar-refractivity contribution in [3.63, 3.8) is 0 Å². The number of benzene rings is 1. The molecule has 7 unspecified atom stereocenters. The van der Waals surface area contributed by atoms with Gasteiger partial charge in [-0.25, -0.2) is 4.98 Å². The minimum Gasteiger partial charge on any atom is -0.379 e. The number of hydrogen-bond acceptors (Lipinski definition) is 9. The van der Waals surface area contributed by atoms with Gasteiger partial charge in [-0.3, -0.25) is 19.7 Å². The quantitative estimate of drug-likeness (QED) is 0.157. The predicted molar refractivity (Wildman–Crippen MR) is 174 cm³/mol. The van der Waals surface area contributed by atoms with Gasteiger partial charge in [0.15, 0.2) is 0 Å². The molecule has 8 atom stereocenters. The van der Waals surface area contributed by atoms with Crippen LogP contribution in [0.5, 0.6) is 0 Å². The molecule has 3 rings (SSSR count). The highest BCUT2D eigenvalue weighted by Gasteiger charge is 2.42. The molecule has 0 aliphatic carbocycles. The average Bonchev–Trinajstić information content (AvgIpc) is 3.77. The molecule has 1 aliphatic rings. The Bertz CT molecular complexity index is 1170. The molecule has 11 nitrogen and oxygen atoms in total. The van der Waals surface area contributed by atoms with Crippen molar-refractivity contribution in [1.82, 2.24) is 25.4 Å². The van der Waals surface area contributed by atoms with Gasteiger partial charge in [0.05, 0.1) is 43.3 Å². The van der Waals surface area contributed by atoms with Crippen LogP contribution < -0.4 is 10.6 Å². The second-order valence-electron chi connectivity index (χ2n) is 11.9. The van der Waals surface area contributed by atoms with Crippen molar-refractivity contribution in [3.8, 4) is 0 Å². The van der Waals surface area contributed by atoms with E-state index in [1.165, 1.54) is 0 Å². The van der Waals surface area contributed by atoms with E-state index in [2.05, 4.69) is 27.8 Å². The molecule has 0 spiro atoms. The first kappa shape index (κ1) is 36.6. The van der Waals surface area contributed by atoms with Crippen LogP contribution in [-0.2, 0) is 30.3 Å². The van der Waals surface area contributed by atoms with Crippen molar-refractivity contribution in [1.29, 1.82) is 0 Å². The number of likely N-dealkylation sites (N-methyl/N-ethyl adjacent to an activating group) is 1. The summed E-state index contributed by atoms with van der Waals surface area (Å²) in [6, 6.07) is 9.33. The van der Waals surface area contributed by atoms with E-state index in [1.54, 1.807) is 43.7 Å². The van der Waals surface area contributed by atoms with Crippen LogP contribution in [0.2, 0.25) is 0 Å². The number of hydrogen-bond donors (Lipinski definition) is 3. The van der Waals surface area contributed by atoms with Gasteiger partial charge in [0.2, 0.25) is 18.2 Å². The first-order chi connectivity index (χ1) is 21.7. The zero-order chi connectivity index (χ0) is 32.9. The SMILES string of the molecule is CCC(C)C(C(CC(=O)N1CCCC1C(OC)C(C)C(O)N[C@@H](Cc1ccccc1)c1nccs1)OC)N(C)C(=O)CNC=O. The third-order valence-corrected chi connectivity index (χ3v) is 10.0. The van der Waals surface area contributed by atoms with Gasteiger partial charge < -0.3 is 29.7 Å². The number of aliphatic hydroxyl groups excluding tert-OH is 1. The van der Waals surface area contributed by atoms with Crippen LogP contribution in [-0.4, -0.2) is 103 Å². The number of aliphatic hydroxyl groups is 1. The summed E-state index contributed by atoms with van der Waals surface area (Å²) in [6.07, 6.45) is 3.52. The van der Waals surface area contributed by atoms with Crippen molar-refractivity contribution in [2.75, 3.05) is 34.4 Å². The number of likely N-dealkylation sites (tertiary alicyclic amines) is 1. The number of nitrogens with zero attached hydrogens (tertiary/aromatic N) is 3. The molecule has 3 N–H and O–H groups in total. The van der Waals surface area contributed by atoms with E-state index in [9.17, 15) is 19.5 Å². The standard InChI is InChI=1S/C33H51N5O6S/c1-7-22(2)30(37(4)29(41)20-34-21-39)27(43-5)19-28(40)38-16-11-14-26(38)31(44-6)23(3)32(42)36-25(33-35-15-17-45-33)18-24-12-9-8-10-13-24/h8-10,12-13,15,17,21-23,25-27,30-32,36,42H,7,11,14,16,18-20H2,1-6H3,(H,34,39)/t22?,23?,25-,26?,27?,30?,31?,32?/m0/s1. The highest BCUT2D eigenvalue weighted by Crippen LogP contribution is 2.31. The van der Waals surface area contributed by atoms with Gasteiger partial charge in [-0.05, 0) is 30.7 Å². The first-order valence-corrected chi connectivity index (χ1v) is 16.7. The maximum atomic E-state index is 13.9. The fourth-order valence-corrected chi connectivity index (χ4v) is 7.17. The first-order valence-electron chi connectivity index (χ1n) is 15.8. The van der Waals surface area contributed by atoms with Crippen LogP contribution in [0.1, 0.15) is 63.1 Å². The Labute approximate surface area is 271 Å². The monoisotopic (exact) mass is 645 g/mol. The van der Waals surface area contributed by atoms with Crippen molar-refractivity contribution in [2.45, 2.75) is 89.4 Å². The summed E-state index contributed by atoms with van der Waals surface area (Å²) in [5.74, 6) is -0.617. The molecule has 1 aromatic heterocycles. The number of rotatable bonds is 19. The van der Waals surface area contributed by atoms with E-state index < -0.39 is 18.4 Å². The molecule has 2 aromatic rings. The van der Waals surface area contributed by atoms with E-state index in [4.69, 9.17) is 9.47 Å². The molecule has 1 saturated heterocycles. The van der Waals surface area contributed by atoms with E-state index in [-0.39, 0.29) is 54.7 Å². The Balaban J connectivity index is 1.73. The molecule has 1 fully saturated rings. The molecule has 0 bridgehead atoms. The Morgan fingerprint density at radius 1 is 1.22 bits per heavy atom. The number of thiazole rings is 1. The van der Waals surface area contributed by atoms with Crippen LogP contribution in [0.4, 0.5) is 0 Å². The number of aromatic nitrogens is 1. The minimum atomic E-state index is -0.911. The zero-order valence-electron chi connectivity index (χ0n) is 27.4. The Morgan fingerprint density at radius 3 is 2.56 bits per heavy atom. The van der Waals surface area contributed by atoms with Gasteiger partial charge in [-0.2, -0.15) is 0 Å². The molecule has 45 heavy (non-hydrogen) atoms. The molecular weight excluding hydrogens is 594 g/mol. The normalized spacial score (nSPS) is 19.6. The highest BCUT2D eigenvalue weighted by molar-refractivity contribution is 7.09. The van der Waals surface area contributed by atoms with Gasteiger partial charge in [-0.15, -0.1) is 11.3 Å². The number of ether oxygens (including phenoxy) is 2. The third kappa shape index (κ3) is 9.79. The minimum absolute atomic E-state index is 0.0527. The lowest BCUT2D eigenvalue weighted by Gasteiger charge is -2.40. The summed E-state index contributed by atoms with van der Waals surface area (Å²) in [7, 11) is 4.88. The van der Waals surface area contributed by atoms with Gasteiger partial charge >= 0.3 is 0 Å². The number of methoxy groups -OCH3 is 2. The van der Waals surface area contributed by atoms with Gasteiger partial charge in [0.1, 0.15) is 11.2 Å². The number of amides is 3. The molecule has 12 heteroatoms. The zero-order valence-corrected chi connectivity index (χ0v) is 28.2. The largest absolute Gasteiger partial charge is 0.379 e. The van der Waals surface area contributed by atoms with Crippen LogP contribution in [0, 0.1) is 11.8 Å². The van der Waals surface area contributed by atoms with Crippen molar-refractivity contribution >= 4 is 29.6 Å². The van der Waals surface area contributed by atoms with Crippen LogP contribution in [0.25, 0.3) is 0 Å². The number of nitrogens with one attached hydrogen (secondary N) is 2. The lowest BCUT2D eigenvalue weighted by atomic mass is 9.90. The van der Waals surface area contributed by atoms with Crippen molar-refractivity contribution in [2.24, 2.45) is 11.8 Å². The summed E-state index contributed by atoms with van der Waals surface area (Å²) in [5.41, 5.74) is 1.14. The smallest absolute Gasteiger partial charge is 0.242 e. The second-order valence-corrected chi connectivity index (χ2v) is 12.9. The predicted octanol–water partition coefficient (Wildman–Crippen LogP) is 3.00. The van der Waals surface area contributed by atoms with Crippen molar-refractivity contribution < 1.29 is 29.0 Å². The van der Waals surface area contributed by atoms with Gasteiger partial charge in [0.25, 0.3) is 0 Å². The fourth-order valence-electron chi connectivity index (χ4n) is 6.47. The number of carbonyl (C=O) groups is 3. The Hall–Kier alpha value is -2.90. The summed E-state index contributed by atoms with van der Waals surface area (Å²) in [4.78, 5) is 45.4. The summed E-state index contributed by atoms with van der Waals surface area (Å²) < 4.78 is 11.9. The second kappa shape index (κ2) is 18.3. The molecule has 0 radical (unpaired) electrons. The van der Waals surface area contributed by atoms with Crippen molar-refractivity contribution in [3.05, 3.63) is 52.5 Å². The summed E-state index contributed by atoms with van der Waals surface area (Å²) >= 11 is 1.54. The Morgan fingerprint density at radius 2 is 1.96 bits per heavy atom. The Kier molecular flexibility index (Phi) is 14.9. The summed E-state index contributed by atoms with van der Waals surface area (Å²) in [6.45, 7) is 6.47. The summed E-state index contributed by atoms with van der Waals surface area (Å²) in [5, 5.41) is 20.1. The number of carbonyl (C=O) groups excluding carboxylic acids is 3. The molecule has 1 aromatic carbocycles. The lowest BCUT2D eigenvalue weighted by molar-refractivity contribution is -0.145. The van der Waals surface area contributed by atoms with Crippen LogP contribution >= 0.6 is 11.3 Å². The highest BCUT2D eigenvalue weighted by atomic mass is 32.1. The van der Waals surface area contributed by atoms with Crippen LogP contribution in [0.15, 0.2) is 41.9 Å². The van der Waals surface area contributed by atoms with E-state index in [0.717, 1.165) is 29.8 Å². The lowest BCUT2D eigenvalue weighted by Crippen LogP contribution is -2.54. The molecule has 1 aliphatic heterocycles. The average molecular weight is 646 g/mol. The maximum Gasteiger partial charge on any atom is 0.242 e. The van der Waals surface area contributed by atoms with Gasteiger partial charge in [0, 0.05) is 45.3 Å². The third-order valence-electron chi connectivity index (χ3n) is 9.15. The van der Waals surface area contributed by atoms with E-state index >= 15 is 0 Å². The molecule has 3 amide bonds. The van der Waals surface area contributed by atoms with Gasteiger partial charge in [-0.1, -0.05) is 57.5 Å². The van der Waals surface area contributed by atoms with Crippen LogP contribution in [0.3, 0.4) is 0 Å². The molecule has 0 saturated carbocycles. The molecular formula is C33H51N5O6S. The molecule has 2 heterocycles. The fraction of sp³-hybridized carbons (Fsp3) is 0.636. The van der Waals surface area contributed by atoms with E-state index in [1.807, 2.05) is 49.3 Å². The topological polar surface area (TPSA) is 133 Å². The maximum absolute atomic E-state index is 13.9.